The SMILES string of the molecule is CCCCCOc1ccc([C@@H]2c3c(oc4ccccc4c3=O)C(=O)N2CCC)cc1OCC. The number of hydrogen-bond acceptors (Lipinski definition) is 5. The lowest BCUT2D eigenvalue weighted by molar-refractivity contribution is 0.0728. The van der Waals surface area contributed by atoms with Crippen molar-refractivity contribution < 1.29 is 18.7 Å². The van der Waals surface area contributed by atoms with Gasteiger partial charge in [0, 0.05) is 6.54 Å². The molecule has 0 spiro atoms. The predicted octanol–water partition coefficient (Wildman–Crippen LogP) is 5.72. The van der Waals surface area contributed by atoms with Gasteiger partial charge in [-0.2, -0.15) is 0 Å². The number of amides is 1. The third-order valence-corrected chi connectivity index (χ3v) is 5.93. The minimum Gasteiger partial charge on any atom is -0.490 e. The van der Waals surface area contributed by atoms with Gasteiger partial charge in [-0.1, -0.05) is 44.9 Å². The normalized spacial score (nSPS) is 15.2. The van der Waals surface area contributed by atoms with Crippen LogP contribution in [0.1, 0.15) is 74.2 Å². The van der Waals surface area contributed by atoms with Crippen LogP contribution in [0.4, 0.5) is 0 Å². The van der Waals surface area contributed by atoms with Crippen molar-refractivity contribution in [1.82, 2.24) is 4.90 Å². The molecule has 1 atom stereocenters. The summed E-state index contributed by atoms with van der Waals surface area (Å²) >= 11 is 0. The van der Waals surface area contributed by atoms with E-state index < -0.39 is 6.04 Å². The lowest BCUT2D eigenvalue weighted by Crippen LogP contribution is -2.30. The van der Waals surface area contributed by atoms with E-state index in [4.69, 9.17) is 13.9 Å². The molecule has 1 aromatic heterocycles. The van der Waals surface area contributed by atoms with Crippen molar-refractivity contribution >= 4 is 16.9 Å². The molecule has 0 radical (unpaired) electrons. The monoisotopic (exact) mass is 449 g/mol. The van der Waals surface area contributed by atoms with Crippen LogP contribution in [-0.4, -0.2) is 30.6 Å². The lowest BCUT2D eigenvalue weighted by atomic mass is 9.98. The molecule has 4 rings (SSSR count). The zero-order valence-electron chi connectivity index (χ0n) is 19.6. The third kappa shape index (κ3) is 4.34. The van der Waals surface area contributed by atoms with Crippen LogP contribution < -0.4 is 14.9 Å². The highest BCUT2D eigenvalue weighted by Gasteiger charge is 2.42. The summed E-state index contributed by atoms with van der Waals surface area (Å²) in [5, 5.41) is 0.480. The van der Waals surface area contributed by atoms with Crippen molar-refractivity contribution in [3.05, 3.63) is 69.6 Å². The van der Waals surface area contributed by atoms with E-state index in [-0.39, 0.29) is 17.1 Å². The van der Waals surface area contributed by atoms with Gasteiger partial charge in [-0.15, -0.1) is 0 Å². The number of rotatable bonds is 10. The molecule has 0 fully saturated rings. The summed E-state index contributed by atoms with van der Waals surface area (Å²) in [7, 11) is 0. The summed E-state index contributed by atoms with van der Waals surface area (Å²) in [5.74, 6) is 1.18. The molecule has 0 bridgehead atoms. The summed E-state index contributed by atoms with van der Waals surface area (Å²) in [5.41, 5.74) is 1.47. The van der Waals surface area contributed by atoms with Gasteiger partial charge in [-0.25, -0.2) is 0 Å². The maximum Gasteiger partial charge on any atom is 0.290 e. The zero-order chi connectivity index (χ0) is 23.4. The van der Waals surface area contributed by atoms with E-state index in [1.165, 1.54) is 0 Å². The van der Waals surface area contributed by atoms with Gasteiger partial charge in [0.05, 0.1) is 30.2 Å². The molecule has 3 aromatic rings. The predicted molar refractivity (Wildman–Crippen MR) is 128 cm³/mol. The highest BCUT2D eigenvalue weighted by atomic mass is 16.5. The second-order valence-corrected chi connectivity index (χ2v) is 8.27. The maximum absolute atomic E-state index is 13.5. The molecule has 1 amide bonds. The summed E-state index contributed by atoms with van der Waals surface area (Å²) in [6, 6.07) is 12.2. The summed E-state index contributed by atoms with van der Waals surface area (Å²) in [4.78, 5) is 28.5. The van der Waals surface area contributed by atoms with Crippen LogP contribution in [0.25, 0.3) is 11.0 Å². The van der Waals surface area contributed by atoms with Gasteiger partial charge in [0.25, 0.3) is 5.91 Å². The summed E-state index contributed by atoms with van der Waals surface area (Å²) in [6.45, 7) is 7.71. The van der Waals surface area contributed by atoms with E-state index in [2.05, 4.69) is 6.92 Å². The topological polar surface area (TPSA) is 69.0 Å². The number of hydrogen-bond donors (Lipinski definition) is 0. The van der Waals surface area contributed by atoms with Gasteiger partial charge in [0.15, 0.2) is 16.9 Å². The Morgan fingerprint density at radius 2 is 1.76 bits per heavy atom. The molecule has 174 valence electrons. The van der Waals surface area contributed by atoms with Crippen molar-refractivity contribution in [1.29, 1.82) is 0 Å². The number of benzene rings is 2. The van der Waals surface area contributed by atoms with E-state index in [9.17, 15) is 9.59 Å². The fourth-order valence-corrected chi connectivity index (χ4v) is 4.40. The Morgan fingerprint density at radius 3 is 2.52 bits per heavy atom. The molecule has 2 heterocycles. The highest BCUT2D eigenvalue weighted by molar-refractivity contribution is 5.99. The van der Waals surface area contributed by atoms with Gasteiger partial charge in [-0.05, 0) is 49.6 Å². The Morgan fingerprint density at radius 1 is 0.939 bits per heavy atom. The molecular weight excluding hydrogens is 418 g/mol. The fraction of sp³-hybridized carbons (Fsp3) is 0.407. The number of unbranched alkanes of at least 4 members (excludes halogenated alkanes) is 2. The number of para-hydroxylation sites is 1. The Kier molecular flexibility index (Phi) is 7.02. The second-order valence-electron chi connectivity index (χ2n) is 8.27. The number of fused-ring (bicyclic) bond motifs is 2. The largest absolute Gasteiger partial charge is 0.490 e. The molecule has 6 heteroatoms. The van der Waals surface area contributed by atoms with Gasteiger partial charge in [0.2, 0.25) is 5.76 Å². The molecule has 0 N–H and O–H groups in total. The quantitative estimate of drug-likeness (QED) is 0.371. The smallest absolute Gasteiger partial charge is 0.290 e. The minimum atomic E-state index is -0.526. The van der Waals surface area contributed by atoms with Crippen molar-refractivity contribution in [3.63, 3.8) is 0 Å². The Bertz CT molecular complexity index is 1200. The van der Waals surface area contributed by atoms with E-state index in [0.717, 1.165) is 31.2 Å². The van der Waals surface area contributed by atoms with E-state index >= 15 is 0 Å². The molecule has 1 aliphatic heterocycles. The van der Waals surface area contributed by atoms with Crippen LogP contribution >= 0.6 is 0 Å². The molecule has 1 aliphatic rings. The average molecular weight is 450 g/mol. The number of nitrogens with zero attached hydrogens (tertiary/aromatic N) is 1. The first-order valence-electron chi connectivity index (χ1n) is 11.9. The molecule has 0 saturated carbocycles. The van der Waals surface area contributed by atoms with Crippen molar-refractivity contribution in [2.24, 2.45) is 0 Å². The van der Waals surface area contributed by atoms with Gasteiger partial charge < -0.3 is 18.8 Å². The van der Waals surface area contributed by atoms with Crippen LogP contribution in [0.5, 0.6) is 11.5 Å². The first-order valence-corrected chi connectivity index (χ1v) is 11.9. The Balaban J connectivity index is 1.80. The van der Waals surface area contributed by atoms with Crippen LogP contribution in [-0.2, 0) is 0 Å². The minimum absolute atomic E-state index is 0.134. The van der Waals surface area contributed by atoms with Gasteiger partial charge in [0.1, 0.15) is 5.58 Å². The number of carbonyl (C=O) groups excluding carboxylic acids is 1. The lowest BCUT2D eigenvalue weighted by Gasteiger charge is -2.25. The van der Waals surface area contributed by atoms with Gasteiger partial charge in [-0.3, -0.25) is 9.59 Å². The Hall–Kier alpha value is -3.28. The van der Waals surface area contributed by atoms with Crippen molar-refractivity contribution in [2.45, 2.75) is 52.5 Å². The van der Waals surface area contributed by atoms with Crippen LogP contribution in [0.15, 0.2) is 51.7 Å². The molecule has 0 saturated heterocycles. The number of carbonyl (C=O) groups is 1. The molecule has 6 nitrogen and oxygen atoms in total. The van der Waals surface area contributed by atoms with Crippen LogP contribution in [0, 0.1) is 0 Å². The van der Waals surface area contributed by atoms with Crippen molar-refractivity contribution in [3.8, 4) is 11.5 Å². The van der Waals surface area contributed by atoms with Crippen molar-refractivity contribution in [2.75, 3.05) is 19.8 Å². The maximum atomic E-state index is 13.5. The third-order valence-electron chi connectivity index (χ3n) is 5.93. The summed E-state index contributed by atoms with van der Waals surface area (Å²) in [6.07, 6.45) is 3.98. The zero-order valence-corrected chi connectivity index (χ0v) is 19.6. The van der Waals surface area contributed by atoms with Crippen LogP contribution in [0.3, 0.4) is 0 Å². The van der Waals surface area contributed by atoms with E-state index in [1.807, 2.05) is 32.0 Å². The second kappa shape index (κ2) is 10.1. The standard InChI is InChI=1S/C27H31NO5/c1-4-7-10-16-32-21-14-13-18(17-22(21)31-6-3)24-23-25(29)19-11-8-9-12-20(19)33-26(23)27(30)28(24)15-5-2/h8-9,11-14,17,24H,4-7,10,15-16H2,1-3H3/t24-/m1/s1. The number of ether oxygens (including phenoxy) is 2. The summed E-state index contributed by atoms with van der Waals surface area (Å²) < 4.78 is 17.8. The first-order chi connectivity index (χ1) is 16.1. The first kappa shape index (κ1) is 22.9. The van der Waals surface area contributed by atoms with E-state index in [0.29, 0.717) is 47.8 Å². The highest BCUT2D eigenvalue weighted by Crippen LogP contribution is 2.41. The van der Waals surface area contributed by atoms with E-state index in [1.54, 1.807) is 29.2 Å². The Labute approximate surface area is 194 Å². The fourth-order valence-electron chi connectivity index (χ4n) is 4.40. The molecule has 33 heavy (non-hydrogen) atoms. The average Bonchev–Trinajstić information content (AvgIpc) is 3.10. The molecular formula is C27H31NO5. The van der Waals surface area contributed by atoms with Crippen LogP contribution in [0.2, 0.25) is 0 Å². The molecule has 0 unspecified atom stereocenters. The molecule has 0 aliphatic carbocycles. The molecule has 2 aromatic carbocycles. The van der Waals surface area contributed by atoms with Gasteiger partial charge >= 0.3 is 0 Å².